The molecule has 2 aliphatic carbocycles. The summed E-state index contributed by atoms with van der Waals surface area (Å²) in [6.45, 7) is 0. The third-order valence-corrected chi connectivity index (χ3v) is 6.46. The molecule has 2 saturated carbocycles. The molecule has 1 aromatic carbocycles. The van der Waals surface area contributed by atoms with E-state index in [-0.39, 0.29) is 11.8 Å². The minimum absolute atomic E-state index is 0.0581. The quantitative estimate of drug-likeness (QED) is 0.521. The Kier molecular flexibility index (Phi) is 4.16. The van der Waals surface area contributed by atoms with E-state index >= 15 is 0 Å². The van der Waals surface area contributed by atoms with Gasteiger partial charge in [0.25, 0.3) is 0 Å². The molecule has 156 valence electrons. The normalized spacial score (nSPS) is 16.4. The summed E-state index contributed by atoms with van der Waals surface area (Å²) in [5.74, 6) is 0.780. The van der Waals surface area contributed by atoms with Crippen LogP contribution in [0.3, 0.4) is 0 Å². The Bertz CT molecular complexity index is 1290. The molecule has 7 heteroatoms. The Labute approximate surface area is 180 Å². The Hall–Kier alpha value is -3.48. The third-order valence-electron chi connectivity index (χ3n) is 6.46. The minimum atomic E-state index is 0.0581. The first-order chi connectivity index (χ1) is 15.2. The Morgan fingerprint density at radius 2 is 1.90 bits per heavy atom. The molecular formula is C24H24N6O. The van der Waals surface area contributed by atoms with Crippen LogP contribution < -0.4 is 5.32 Å². The van der Waals surface area contributed by atoms with Gasteiger partial charge in [-0.15, -0.1) is 0 Å². The highest BCUT2D eigenvalue weighted by atomic mass is 16.2. The highest BCUT2D eigenvalue weighted by Crippen LogP contribution is 2.35. The lowest BCUT2D eigenvalue weighted by molar-refractivity contribution is -0.117. The second-order valence-electron chi connectivity index (χ2n) is 8.70. The van der Waals surface area contributed by atoms with Crippen LogP contribution in [0.4, 0.5) is 5.82 Å². The minimum Gasteiger partial charge on any atom is -0.310 e. The molecule has 0 spiro atoms. The number of anilines is 1. The molecule has 0 radical (unpaired) electrons. The predicted molar refractivity (Wildman–Crippen MR) is 119 cm³/mol. The molecule has 0 bridgehead atoms. The average molecular weight is 412 g/mol. The van der Waals surface area contributed by atoms with E-state index in [9.17, 15) is 4.79 Å². The highest BCUT2D eigenvalue weighted by molar-refractivity contribution is 5.98. The number of hydrogen-bond acceptors (Lipinski definition) is 4. The number of rotatable bonds is 5. The zero-order valence-corrected chi connectivity index (χ0v) is 17.5. The average Bonchev–Trinajstić information content (AvgIpc) is 3.41. The summed E-state index contributed by atoms with van der Waals surface area (Å²) in [4.78, 5) is 16.6. The van der Waals surface area contributed by atoms with Crippen LogP contribution in [0.1, 0.15) is 38.1 Å². The molecule has 0 aliphatic heterocycles. The first-order valence-electron chi connectivity index (χ1n) is 10.9. The lowest BCUT2D eigenvalue weighted by Gasteiger charge is -2.25. The van der Waals surface area contributed by atoms with Crippen LogP contribution in [0, 0.1) is 5.92 Å². The summed E-state index contributed by atoms with van der Waals surface area (Å²) in [7, 11) is 1.92. The Morgan fingerprint density at radius 1 is 1.06 bits per heavy atom. The number of nitrogens with zero attached hydrogens (tertiary/aromatic N) is 5. The maximum atomic E-state index is 12.2. The highest BCUT2D eigenvalue weighted by Gasteiger charge is 2.30. The molecule has 0 unspecified atom stereocenters. The van der Waals surface area contributed by atoms with E-state index in [1.165, 1.54) is 19.3 Å². The van der Waals surface area contributed by atoms with Crippen molar-refractivity contribution in [1.82, 2.24) is 24.5 Å². The summed E-state index contributed by atoms with van der Waals surface area (Å²) < 4.78 is 3.94. The SMILES string of the molecule is Cn1nc(-c2cccc(-c3cnn(C4CCC4)c3)c2)c2cc(NC(=O)C3CC3)ncc21. The van der Waals surface area contributed by atoms with E-state index in [2.05, 4.69) is 50.5 Å². The Morgan fingerprint density at radius 3 is 2.68 bits per heavy atom. The molecule has 0 saturated heterocycles. The van der Waals surface area contributed by atoms with E-state index in [1.54, 1.807) is 6.20 Å². The molecule has 1 N–H and O–H groups in total. The number of carbonyl (C=O) groups excluding carboxylic acids is 1. The second kappa shape index (κ2) is 7.04. The molecule has 31 heavy (non-hydrogen) atoms. The second-order valence-corrected chi connectivity index (χ2v) is 8.70. The zero-order chi connectivity index (χ0) is 20.9. The van der Waals surface area contributed by atoms with Crippen LogP contribution in [0.15, 0.2) is 48.9 Å². The molecule has 2 fully saturated rings. The van der Waals surface area contributed by atoms with Crippen molar-refractivity contribution in [2.24, 2.45) is 13.0 Å². The molecule has 1 amide bonds. The molecule has 3 aromatic heterocycles. The summed E-state index contributed by atoms with van der Waals surface area (Å²) >= 11 is 0. The first kappa shape index (κ1) is 18.3. The molecule has 4 aromatic rings. The number of carbonyl (C=O) groups is 1. The van der Waals surface area contributed by atoms with Crippen LogP contribution in [-0.4, -0.2) is 30.5 Å². The van der Waals surface area contributed by atoms with E-state index < -0.39 is 0 Å². The number of amides is 1. The van der Waals surface area contributed by atoms with Gasteiger partial charge in [-0.2, -0.15) is 10.2 Å². The van der Waals surface area contributed by atoms with Gasteiger partial charge in [0.15, 0.2) is 0 Å². The van der Waals surface area contributed by atoms with Gasteiger partial charge in [-0.3, -0.25) is 14.2 Å². The third kappa shape index (κ3) is 3.30. The van der Waals surface area contributed by atoms with Gasteiger partial charge in [0.05, 0.1) is 24.0 Å². The molecule has 0 atom stereocenters. The summed E-state index contributed by atoms with van der Waals surface area (Å²) in [5.41, 5.74) is 5.09. The van der Waals surface area contributed by atoms with Crippen LogP contribution in [0.25, 0.3) is 33.3 Å². The van der Waals surface area contributed by atoms with Gasteiger partial charge >= 0.3 is 0 Å². The van der Waals surface area contributed by atoms with Gasteiger partial charge in [-0.1, -0.05) is 18.2 Å². The standard InChI is InChI=1S/C24H24N6O/c1-29-21-13-25-22(27-24(31)15-8-9-15)11-20(21)23(28-29)17-5-2-4-16(10-17)18-12-26-30(14-18)19-6-3-7-19/h2,4-5,10-15,19H,3,6-9H2,1H3,(H,25,27,31). The van der Waals surface area contributed by atoms with Crippen LogP contribution in [-0.2, 0) is 11.8 Å². The molecule has 6 rings (SSSR count). The van der Waals surface area contributed by atoms with E-state index in [0.29, 0.717) is 11.9 Å². The number of aromatic nitrogens is 5. The summed E-state index contributed by atoms with van der Waals surface area (Å²) in [6, 6.07) is 10.9. The fraction of sp³-hybridized carbons (Fsp3) is 0.333. The van der Waals surface area contributed by atoms with Gasteiger partial charge < -0.3 is 5.32 Å². The topological polar surface area (TPSA) is 77.6 Å². The molecular weight excluding hydrogens is 388 g/mol. The summed E-state index contributed by atoms with van der Waals surface area (Å²) in [6.07, 6.45) is 11.5. The van der Waals surface area contributed by atoms with Crippen molar-refractivity contribution >= 4 is 22.6 Å². The first-order valence-corrected chi connectivity index (χ1v) is 10.9. The number of aryl methyl sites for hydroxylation is 1. The van der Waals surface area contributed by atoms with Crippen molar-refractivity contribution < 1.29 is 4.79 Å². The number of pyridine rings is 1. The van der Waals surface area contributed by atoms with Gasteiger partial charge in [0.1, 0.15) is 11.5 Å². The molecule has 7 nitrogen and oxygen atoms in total. The number of hydrogen-bond donors (Lipinski definition) is 1. The Balaban J connectivity index is 1.36. The van der Waals surface area contributed by atoms with Crippen LogP contribution >= 0.6 is 0 Å². The number of nitrogens with one attached hydrogen (secondary N) is 1. The lowest BCUT2D eigenvalue weighted by Crippen LogP contribution is -2.16. The number of benzene rings is 1. The largest absolute Gasteiger partial charge is 0.310 e. The summed E-state index contributed by atoms with van der Waals surface area (Å²) in [5, 5.41) is 13.3. The predicted octanol–water partition coefficient (Wildman–Crippen LogP) is 4.57. The zero-order valence-electron chi connectivity index (χ0n) is 17.5. The van der Waals surface area contributed by atoms with Crippen molar-refractivity contribution in [1.29, 1.82) is 0 Å². The monoisotopic (exact) mass is 412 g/mol. The van der Waals surface area contributed by atoms with Crippen LogP contribution in [0.5, 0.6) is 0 Å². The molecule has 3 heterocycles. The number of fused-ring (bicyclic) bond motifs is 1. The van der Waals surface area contributed by atoms with Crippen molar-refractivity contribution in [2.45, 2.75) is 38.1 Å². The van der Waals surface area contributed by atoms with Crippen molar-refractivity contribution in [3.05, 3.63) is 48.9 Å². The van der Waals surface area contributed by atoms with Crippen molar-refractivity contribution in [3.8, 4) is 22.4 Å². The van der Waals surface area contributed by atoms with Gasteiger partial charge in [-0.05, 0) is 49.8 Å². The smallest absolute Gasteiger partial charge is 0.228 e. The van der Waals surface area contributed by atoms with Crippen LogP contribution in [0.2, 0.25) is 0 Å². The fourth-order valence-electron chi connectivity index (χ4n) is 4.19. The van der Waals surface area contributed by atoms with Gasteiger partial charge in [0, 0.05) is 35.7 Å². The van der Waals surface area contributed by atoms with E-state index in [0.717, 1.165) is 46.1 Å². The van der Waals surface area contributed by atoms with Crippen molar-refractivity contribution in [2.75, 3.05) is 5.32 Å². The lowest BCUT2D eigenvalue weighted by atomic mass is 9.93. The van der Waals surface area contributed by atoms with E-state index in [1.807, 2.05) is 24.0 Å². The maximum absolute atomic E-state index is 12.2. The van der Waals surface area contributed by atoms with E-state index in [4.69, 9.17) is 5.10 Å². The maximum Gasteiger partial charge on any atom is 0.228 e. The van der Waals surface area contributed by atoms with Gasteiger partial charge in [-0.25, -0.2) is 4.98 Å². The van der Waals surface area contributed by atoms with Gasteiger partial charge in [0.2, 0.25) is 5.91 Å². The van der Waals surface area contributed by atoms with Crippen molar-refractivity contribution in [3.63, 3.8) is 0 Å². The fourth-order valence-corrected chi connectivity index (χ4v) is 4.19. The molecule has 2 aliphatic rings.